The standard InChI is InChI=1S/C19H15ClF2O2/c20-15-4-1-3-14-17(15)24-16-11-18(21,22)9-2-10-19(14,16)12-5-7-13(23)8-6-12/h4-8,16,23H,2,9-11H2. The smallest absolute Gasteiger partial charge is 0.251 e. The summed E-state index contributed by atoms with van der Waals surface area (Å²) in [5.41, 5.74) is 0.765. The maximum absolute atomic E-state index is 14.2. The number of hydrogen-bond donors (Lipinski definition) is 1. The van der Waals surface area contributed by atoms with Crippen LogP contribution in [-0.2, 0) is 5.41 Å². The molecule has 5 heteroatoms. The Morgan fingerprint density at radius 2 is 1.96 bits per heavy atom. The molecule has 2 aliphatic rings. The summed E-state index contributed by atoms with van der Waals surface area (Å²) in [5, 5.41) is 9.94. The molecule has 0 spiro atoms. The minimum atomic E-state index is -2.78. The van der Waals surface area contributed by atoms with Gasteiger partial charge in [0.1, 0.15) is 11.9 Å². The summed E-state index contributed by atoms with van der Waals surface area (Å²) in [5.74, 6) is -2.22. The molecule has 24 heavy (non-hydrogen) atoms. The van der Waals surface area contributed by atoms with Crippen molar-refractivity contribution >= 4 is 11.6 Å². The fourth-order valence-electron chi connectivity index (χ4n) is 3.98. The average molecular weight is 349 g/mol. The molecule has 2 nitrogen and oxygen atoms in total. The van der Waals surface area contributed by atoms with Gasteiger partial charge in [-0.1, -0.05) is 35.9 Å². The van der Waals surface area contributed by atoms with E-state index in [-0.39, 0.29) is 18.6 Å². The van der Waals surface area contributed by atoms with Crippen molar-refractivity contribution in [2.45, 2.75) is 43.1 Å². The molecule has 0 radical (unpaired) electrons. The number of fused-ring (bicyclic) bond motifs is 3. The van der Waals surface area contributed by atoms with Crippen LogP contribution in [0, 0.1) is 12.1 Å². The molecule has 1 aliphatic heterocycles. The van der Waals surface area contributed by atoms with Gasteiger partial charge < -0.3 is 9.84 Å². The summed E-state index contributed by atoms with van der Waals surface area (Å²) in [4.78, 5) is 0. The van der Waals surface area contributed by atoms with Crippen LogP contribution in [0.3, 0.4) is 0 Å². The van der Waals surface area contributed by atoms with Crippen LogP contribution in [0.15, 0.2) is 30.3 Å². The number of ether oxygens (including phenoxy) is 1. The number of benzene rings is 1. The van der Waals surface area contributed by atoms with Gasteiger partial charge in [0.2, 0.25) is 0 Å². The molecule has 0 amide bonds. The quantitative estimate of drug-likeness (QED) is 0.794. The number of halogens is 3. The Bertz CT molecular complexity index is 775. The van der Waals surface area contributed by atoms with E-state index in [9.17, 15) is 13.9 Å². The van der Waals surface area contributed by atoms with E-state index in [2.05, 4.69) is 12.1 Å². The Morgan fingerprint density at radius 3 is 2.71 bits per heavy atom. The SMILES string of the molecule is Oc1ccc(C23CCCC(F)(F)CC2Oc2c3c#ccc2Cl)cc1. The predicted octanol–water partition coefficient (Wildman–Crippen LogP) is 4.90. The zero-order chi connectivity index (χ0) is 16.9. The van der Waals surface area contributed by atoms with E-state index < -0.39 is 17.4 Å². The van der Waals surface area contributed by atoms with Gasteiger partial charge in [-0.05, 0) is 30.5 Å². The molecule has 2 aromatic rings. The molecule has 0 aromatic heterocycles. The molecule has 2 aromatic carbocycles. The number of phenols is 1. The normalized spacial score (nSPS) is 27.4. The van der Waals surface area contributed by atoms with Crippen LogP contribution in [0.4, 0.5) is 8.78 Å². The lowest BCUT2D eigenvalue weighted by molar-refractivity contribution is -0.0402. The van der Waals surface area contributed by atoms with Gasteiger partial charge in [-0.25, -0.2) is 8.78 Å². The molecule has 1 heterocycles. The molecule has 4 rings (SSSR count). The summed E-state index contributed by atoms with van der Waals surface area (Å²) in [6, 6.07) is 14.1. The average Bonchev–Trinajstić information content (AvgIpc) is 2.76. The summed E-state index contributed by atoms with van der Waals surface area (Å²) in [6.45, 7) is 0. The van der Waals surface area contributed by atoms with E-state index in [4.69, 9.17) is 16.3 Å². The zero-order valence-corrected chi connectivity index (χ0v) is 13.5. The molecular formula is C19H15ClF2O2. The van der Waals surface area contributed by atoms with Crippen molar-refractivity contribution in [1.29, 1.82) is 0 Å². The zero-order valence-electron chi connectivity index (χ0n) is 12.8. The number of phenolic OH excluding ortho intramolecular Hbond substituents is 1. The molecule has 124 valence electrons. The van der Waals surface area contributed by atoms with Crippen molar-refractivity contribution in [3.05, 3.63) is 58.6 Å². The molecule has 2 unspecified atom stereocenters. The Balaban J connectivity index is 1.94. The Labute approximate surface area is 144 Å². The monoisotopic (exact) mass is 348 g/mol. The minimum absolute atomic E-state index is 0.131. The van der Waals surface area contributed by atoms with E-state index in [0.717, 1.165) is 5.56 Å². The first-order valence-electron chi connectivity index (χ1n) is 7.89. The Kier molecular flexibility index (Phi) is 3.40. The van der Waals surface area contributed by atoms with Gasteiger partial charge in [0.25, 0.3) is 5.92 Å². The predicted molar refractivity (Wildman–Crippen MR) is 85.8 cm³/mol. The molecule has 1 N–H and O–H groups in total. The van der Waals surface area contributed by atoms with Crippen molar-refractivity contribution in [3.63, 3.8) is 0 Å². The second kappa shape index (κ2) is 5.26. The van der Waals surface area contributed by atoms with Crippen LogP contribution in [-0.4, -0.2) is 17.1 Å². The van der Waals surface area contributed by atoms with Gasteiger partial charge in [0.15, 0.2) is 5.75 Å². The number of hydrogen-bond acceptors (Lipinski definition) is 2. The van der Waals surface area contributed by atoms with Crippen LogP contribution in [0.25, 0.3) is 0 Å². The van der Waals surface area contributed by atoms with Gasteiger partial charge in [0, 0.05) is 18.9 Å². The van der Waals surface area contributed by atoms with Crippen LogP contribution in [0.5, 0.6) is 11.5 Å². The van der Waals surface area contributed by atoms with E-state index in [1.165, 1.54) is 6.07 Å². The maximum Gasteiger partial charge on any atom is 0.251 e. The fraction of sp³-hybridized carbons (Fsp3) is 0.368. The fourth-order valence-corrected chi connectivity index (χ4v) is 4.17. The van der Waals surface area contributed by atoms with Crippen LogP contribution < -0.4 is 4.74 Å². The first-order chi connectivity index (χ1) is 11.4. The number of alkyl halides is 2. The molecule has 1 fully saturated rings. The highest BCUT2D eigenvalue weighted by Crippen LogP contribution is 2.56. The molecule has 0 bridgehead atoms. The number of rotatable bonds is 1. The van der Waals surface area contributed by atoms with Gasteiger partial charge in [-0.15, -0.1) is 0 Å². The first-order valence-corrected chi connectivity index (χ1v) is 8.26. The summed E-state index contributed by atoms with van der Waals surface area (Å²) in [6.07, 6.45) is -0.374. The second-order valence-corrected chi connectivity index (χ2v) is 6.91. The lowest BCUT2D eigenvalue weighted by Gasteiger charge is -2.33. The van der Waals surface area contributed by atoms with Crippen molar-refractivity contribution in [2.75, 3.05) is 0 Å². The Hall–Kier alpha value is -1.99. The minimum Gasteiger partial charge on any atom is -0.508 e. The van der Waals surface area contributed by atoms with E-state index in [1.807, 2.05) is 0 Å². The van der Waals surface area contributed by atoms with Crippen molar-refractivity contribution in [2.24, 2.45) is 0 Å². The highest BCUT2D eigenvalue weighted by atomic mass is 35.5. The third kappa shape index (κ3) is 2.22. The van der Waals surface area contributed by atoms with Crippen LogP contribution >= 0.6 is 11.6 Å². The van der Waals surface area contributed by atoms with Gasteiger partial charge in [-0.2, -0.15) is 0 Å². The third-order valence-electron chi connectivity index (χ3n) is 5.08. The maximum atomic E-state index is 14.2. The van der Waals surface area contributed by atoms with E-state index >= 15 is 0 Å². The van der Waals surface area contributed by atoms with Crippen molar-refractivity contribution in [1.82, 2.24) is 0 Å². The second-order valence-electron chi connectivity index (χ2n) is 6.50. The lowest BCUT2D eigenvalue weighted by atomic mass is 9.69. The lowest BCUT2D eigenvalue weighted by Crippen LogP contribution is -2.40. The van der Waals surface area contributed by atoms with E-state index in [0.29, 0.717) is 29.2 Å². The highest BCUT2D eigenvalue weighted by molar-refractivity contribution is 6.32. The van der Waals surface area contributed by atoms with E-state index in [1.54, 1.807) is 24.3 Å². The summed E-state index contributed by atoms with van der Waals surface area (Å²) in [7, 11) is 0. The summed E-state index contributed by atoms with van der Waals surface area (Å²) < 4.78 is 34.3. The Morgan fingerprint density at radius 1 is 1.21 bits per heavy atom. The summed E-state index contributed by atoms with van der Waals surface area (Å²) >= 11 is 6.22. The largest absolute Gasteiger partial charge is 0.508 e. The highest BCUT2D eigenvalue weighted by Gasteiger charge is 2.56. The first kappa shape index (κ1) is 15.5. The van der Waals surface area contributed by atoms with Crippen LogP contribution in [0.2, 0.25) is 5.02 Å². The molecular weight excluding hydrogens is 334 g/mol. The van der Waals surface area contributed by atoms with Crippen LogP contribution in [0.1, 0.15) is 36.8 Å². The van der Waals surface area contributed by atoms with Gasteiger partial charge in [0.05, 0.1) is 16.0 Å². The third-order valence-corrected chi connectivity index (χ3v) is 5.36. The molecule has 1 saturated carbocycles. The number of aromatic hydroxyl groups is 1. The van der Waals surface area contributed by atoms with Crippen molar-refractivity contribution < 1.29 is 18.6 Å². The molecule has 0 saturated heterocycles. The van der Waals surface area contributed by atoms with Crippen molar-refractivity contribution in [3.8, 4) is 11.5 Å². The molecule has 1 aliphatic carbocycles. The van der Waals surface area contributed by atoms with Gasteiger partial charge >= 0.3 is 0 Å². The molecule has 2 atom stereocenters. The van der Waals surface area contributed by atoms with Gasteiger partial charge in [-0.3, -0.25) is 0 Å². The topological polar surface area (TPSA) is 29.5 Å².